The molecule has 2 unspecified atom stereocenters. The number of fused-ring (bicyclic) bond motifs is 9. The molecule has 2 atom stereocenters. The Kier molecular flexibility index (Phi) is 27.0. The minimum Gasteiger partial charge on any atom is -0.476 e. The van der Waals surface area contributed by atoms with Gasteiger partial charge in [0, 0.05) is 149 Å². The first-order chi connectivity index (χ1) is 67.0. The molecule has 0 radical (unpaired) electrons. The van der Waals surface area contributed by atoms with Crippen molar-refractivity contribution in [1.82, 2.24) is 73.8 Å². The van der Waals surface area contributed by atoms with E-state index in [0.717, 1.165) is 229 Å². The van der Waals surface area contributed by atoms with Crippen LogP contribution in [0.2, 0.25) is 0 Å². The summed E-state index contributed by atoms with van der Waals surface area (Å²) in [5.74, 6) is 13.7. The van der Waals surface area contributed by atoms with E-state index in [1.807, 2.05) is 115 Å². The molecule has 0 spiro atoms. The number of ether oxygens (including phenoxy) is 7. The number of nitrogens with one attached hydrogen (secondary N) is 5. The maximum Gasteiger partial charge on any atom is 0.274 e. The number of benzene rings is 5. The van der Waals surface area contributed by atoms with Crippen molar-refractivity contribution in [3.05, 3.63) is 239 Å². The molecule has 7 aliphatic heterocycles. The van der Waals surface area contributed by atoms with Crippen LogP contribution >= 0.6 is 0 Å². The summed E-state index contributed by atoms with van der Waals surface area (Å²) in [5, 5.41) is 44.3. The first kappa shape index (κ1) is 90.3. The Morgan fingerprint density at radius 2 is 0.737 bits per heavy atom. The van der Waals surface area contributed by atoms with Gasteiger partial charge in [-0.2, -0.15) is 0 Å². The van der Waals surface area contributed by atoms with Crippen molar-refractivity contribution in [3.63, 3.8) is 0 Å². The highest BCUT2D eigenvalue weighted by Crippen LogP contribution is 2.38. The molecule has 1 amide bonds. The van der Waals surface area contributed by atoms with E-state index in [2.05, 4.69) is 182 Å². The second kappa shape index (κ2) is 41.0. The Morgan fingerprint density at radius 1 is 0.387 bits per heavy atom. The Balaban J connectivity index is 0.000000106. The molecule has 5 fully saturated rings. The predicted octanol–water partition coefficient (Wildman–Crippen LogP) is 16.2. The van der Waals surface area contributed by atoms with Gasteiger partial charge in [0.05, 0.1) is 124 Å². The fourth-order valence-electron chi connectivity index (χ4n) is 18.8. The molecule has 34 heteroatoms. The number of aromatic nitrogens is 15. The summed E-state index contributed by atoms with van der Waals surface area (Å²) in [6, 6.07) is 51.5. The zero-order chi connectivity index (χ0) is 93.3. The van der Waals surface area contributed by atoms with Crippen LogP contribution in [0.5, 0.6) is 29.4 Å². The average Bonchev–Trinajstić information content (AvgIpc) is 1.65. The Labute approximate surface area is 793 Å². The lowest BCUT2D eigenvalue weighted by molar-refractivity contribution is 0.0491. The summed E-state index contributed by atoms with van der Waals surface area (Å²) < 4.78 is 62.3. The van der Waals surface area contributed by atoms with Crippen molar-refractivity contribution >= 4 is 128 Å². The number of aliphatic imine (C=N–C) groups is 4. The Hall–Kier alpha value is -14.5. The summed E-state index contributed by atoms with van der Waals surface area (Å²) in [4.78, 5) is 52.3. The molecule has 15 aromatic rings. The van der Waals surface area contributed by atoms with Gasteiger partial charge < -0.3 is 59.7 Å². The Morgan fingerprint density at radius 3 is 1.13 bits per heavy atom. The van der Waals surface area contributed by atoms with Gasteiger partial charge in [-0.25, -0.2) is 0 Å². The standard InChI is InChI=1S/2C21H23N5O2.2C21H23N5O.C19H20N4O3S/c1-26-19-11-15(24-20-16-3-2-8-22-18(16)12-23-20)4-5-17(19)21(25-26)28-13-14-6-9-27-10-7-14;1-26-18-11-16(24-20-19-15(12-23-20)3-2-8-22-19)4-5-17(18)21(25-26)28-13-14-6-9-27-10-7-14;1-26-19-11-15(24-20-16-7-4-10-22-18(16)12-23-20)8-9-17(19)21(25-26)27-13-14-5-2-3-6-14;1-26-18-11-16(24-20-19-15(12-23-20)7-4-10-22-19)8-9-17(18)21(25-26)27-13-14-5-2-3-6-14;1-23-17-11-13(21-18(24)16-5-3-4-9-20-16)6-7-15(17)19(22-23)26-14-8-10-27(2,25)12-14/h2*2-5,8,11,14H,6-7,9-10,12-13H2,1H3,(H,23,24);2*4,7-11,14H,2-3,5-6,12-13H2,1H3,(H,23,24);3-7,9,11,14H,2,8,10,12H2,1H3,(H,21,24). The van der Waals surface area contributed by atoms with Gasteiger partial charge in [-0.3, -0.25) is 77.3 Å². The lowest BCUT2D eigenvalue weighted by Crippen LogP contribution is -2.21. The highest BCUT2D eigenvalue weighted by atomic mass is 32.2. The van der Waals surface area contributed by atoms with Crippen molar-refractivity contribution in [2.75, 3.05) is 90.9 Å². The third kappa shape index (κ3) is 21.0. The van der Waals surface area contributed by atoms with Crippen LogP contribution in [0.15, 0.2) is 209 Å². The molecule has 9 aliphatic rings. The summed E-state index contributed by atoms with van der Waals surface area (Å²) >= 11 is 0. The molecule has 704 valence electrons. The summed E-state index contributed by atoms with van der Waals surface area (Å²) in [7, 11) is 7.60. The number of hydrogen-bond donors (Lipinski definition) is 5. The van der Waals surface area contributed by atoms with Crippen LogP contribution in [0.1, 0.15) is 139 Å². The number of amides is 1. The molecule has 24 rings (SSSR count). The van der Waals surface area contributed by atoms with Crippen molar-refractivity contribution in [3.8, 4) is 29.4 Å². The lowest BCUT2D eigenvalue weighted by Gasteiger charge is -2.21. The summed E-state index contributed by atoms with van der Waals surface area (Å²) in [6.07, 6.45) is 24.0. The van der Waals surface area contributed by atoms with Gasteiger partial charge in [0.2, 0.25) is 29.4 Å². The quantitative estimate of drug-likeness (QED) is 0.0442. The van der Waals surface area contributed by atoms with E-state index in [1.54, 1.807) is 53.7 Å². The third-order valence-corrected chi connectivity index (χ3v) is 28.4. The van der Waals surface area contributed by atoms with Gasteiger partial charge in [-0.1, -0.05) is 43.9 Å². The van der Waals surface area contributed by atoms with Crippen molar-refractivity contribution in [2.24, 2.45) is 78.9 Å². The van der Waals surface area contributed by atoms with Crippen molar-refractivity contribution in [2.45, 2.75) is 116 Å². The zero-order valence-electron chi connectivity index (χ0n) is 77.7. The summed E-state index contributed by atoms with van der Waals surface area (Å²) in [5.41, 5.74) is 18.2. The predicted molar refractivity (Wildman–Crippen MR) is 535 cm³/mol. The molecule has 5 aromatic carbocycles. The monoisotopic (exact) mass is 1860 g/mol. The first-order valence-corrected chi connectivity index (χ1v) is 49.3. The number of amidine groups is 4. The summed E-state index contributed by atoms with van der Waals surface area (Å²) in [6.45, 7) is 8.83. The molecule has 10 aromatic heterocycles. The molecular formula is C103H112N24O9S. The normalized spacial score (nSPS) is 17.7. The SMILES string of the molecule is C=S1(=O)CCC(Oc2nn(C)c3cc(NC(=O)c4ccccn4)ccc23)C1.Cn1nc(OCC2CCCC2)c2ccc(NC3=NCc4cccnc43)cc21.Cn1nc(OCC2CCCC2)c2ccc(NC3=NCc4ncccc43)cc21.Cn1nc(OCC2CCOCC2)c2ccc(NC3=NCc4cccnc43)cc21.Cn1nc(OCC2CCOCC2)c2ccc(NC3=NCc4ncccc43)cc21. The number of anilines is 5. The molecule has 5 N–H and O–H groups in total. The lowest BCUT2D eigenvalue weighted by atomic mass is 10.0. The molecule has 137 heavy (non-hydrogen) atoms. The van der Waals surface area contributed by atoms with Gasteiger partial charge in [-0.15, -0.1) is 25.5 Å². The van der Waals surface area contributed by atoms with Crippen LogP contribution in [0.3, 0.4) is 0 Å². The van der Waals surface area contributed by atoms with Crippen LogP contribution in [-0.2, 0) is 80.4 Å². The molecule has 2 aliphatic carbocycles. The van der Waals surface area contributed by atoms with E-state index in [4.69, 9.17) is 33.2 Å². The van der Waals surface area contributed by atoms with Gasteiger partial charge in [0.25, 0.3) is 5.91 Å². The van der Waals surface area contributed by atoms with E-state index in [9.17, 15) is 9.00 Å². The molecule has 0 bridgehead atoms. The van der Waals surface area contributed by atoms with Crippen molar-refractivity contribution in [1.29, 1.82) is 0 Å². The molecular weight excluding hydrogens is 1750 g/mol. The van der Waals surface area contributed by atoms with Crippen LogP contribution in [0, 0.1) is 23.7 Å². The minimum absolute atomic E-state index is 0.128. The van der Waals surface area contributed by atoms with E-state index in [1.165, 1.54) is 51.4 Å². The van der Waals surface area contributed by atoms with Gasteiger partial charge >= 0.3 is 0 Å². The second-order valence-electron chi connectivity index (χ2n) is 36.2. The van der Waals surface area contributed by atoms with Crippen LogP contribution in [0.4, 0.5) is 28.4 Å². The number of carbonyl (C=O) groups is 1. The maximum absolute atomic E-state index is 12.3. The maximum atomic E-state index is 12.3. The second-order valence-corrected chi connectivity index (χ2v) is 38.8. The van der Waals surface area contributed by atoms with Crippen molar-refractivity contribution < 1.29 is 42.2 Å². The number of carbonyl (C=O) groups excluding carboxylic acids is 1. The van der Waals surface area contributed by atoms with Gasteiger partial charge in [-0.05, 0) is 236 Å². The van der Waals surface area contributed by atoms with Crippen LogP contribution in [0.25, 0.3) is 54.5 Å². The first-order valence-electron chi connectivity index (χ1n) is 47.3. The zero-order valence-corrected chi connectivity index (χ0v) is 78.5. The fraction of sp³-hybridized carbons (Fsp3) is 0.359. The highest BCUT2D eigenvalue weighted by Gasteiger charge is 2.30. The Bertz CT molecular complexity index is 6850. The number of nitrogens with zero attached hydrogens (tertiary/aromatic N) is 19. The topological polar surface area (TPSA) is 362 Å². The van der Waals surface area contributed by atoms with E-state index in [-0.39, 0.29) is 12.0 Å². The highest BCUT2D eigenvalue weighted by molar-refractivity contribution is 8.00. The van der Waals surface area contributed by atoms with Gasteiger partial charge in [0.15, 0.2) is 11.7 Å². The fourth-order valence-corrected chi connectivity index (χ4v) is 20.6. The number of pyridine rings is 5. The van der Waals surface area contributed by atoms with Crippen LogP contribution < -0.4 is 50.3 Å². The van der Waals surface area contributed by atoms with E-state index in [0.29, 0.717) is 104 Å². The van der Waals surface area contributed by atoms with Crippen LogP contribution in [-0.4, -0.2) is 184 Å². The molecule has 17 heterocycles. The third-order valence-electron chi connectivity index (χ3n) is 26.4. The van der Waals surface area contributed by atoms with E-state index >= 15 is 0 Å². The molecule has 2 saturated carbocycles. The average molecular weight is 1860 g/mol. The molecule has 3 saturated heterocycles. The number of hydrogen-bond acceptors (Lipinski definition) is 27. The van der Waals surface area contributed by atoms with Gasteiger partial charge in [0.1, 0.15) is 34.9 Å². The molecule has 33 nitrogen and oxygen atoms in total. The minimum atomic E-state index is -2.02. The smallest absolute Gasteiger partial charge is 0.274 e. The largest absolute Gasteiger partial charge is 0.476 e. The number of rotatable bonds is 20. The van der Waals surface area contributed by atoms with E-state index < -0.39 is 9.52 Å². The number of aryl methyl sites for hydroxylation is 5.